The van der Waals surface area contributed by atoms with Crippen molar-refractivity contribution in [3.8, 4) is 11.5 Å². The Morgan fingerprint density at radius 1 is 1.21 bits per heavy atom. The number of nitrogens with zero attached hydrogens (tertiary/aromatic N) is 2. The Bertz CT molecular complexity index is 1330. The number of nitrogens with one attached hydrogen (secondary N) is 1. The number of piperidine rings is 1. The standard InChI is InChI=1S/C26H24BrN3O4/c1-33-22-14-20(28-23-17(15-5-6-15)3-2-4-18(22)23)25(32)30-11-9-26(10-12-30)29-24(31)19-13-16(27)7-8-21(19)34-26/h2-4,7-8,13-15H,5-6,9-12H2,1H3,(H,29,31). The summed E-state index contributed by atoms with van der Waals surface area (Å²) < 4.78 is 12.7. The number of aromatic nitrogens is 1. The molecular weight excluding hydrogens is 498 g/mol. The van der Waals surface area contributed by atoms with Crippen LogP contribution >= 0.6 is 15.9 Å². The van der Waals surface area contributed by atoms with E-state index in [4.69, 9.17) is 14.5 Å². The van der Waals surface area contributed by atoms with E-state index in [0.717, 1.165) is 28.2 Å². The van der Waals surface area contributed by atoms with Gasteiger partial charge >= 0.3 is 0 Å². The summed E-state index contributed by atoms with van der Waals surface area (Å²) in [5, 5.41) is 3.96. The van der Waals surface area contributed by atoms with Crippen LogP contribution in [0.1, 0.15) is 58.0 Å². The number of carbonyl (C=O) groups excluding carboxylic acids is 2. The number of hydrogen-bond acceptors (Lipinski definition) is 5. The number of ether oxygens (including phenoxy) is 2. The zero-order valence-corrected chi connectivity index (χ0v) is 20.4. The van der Waals surface area contributed by atoms with Crippen LogP contribution in [-0.4, -0.2) is 47.6 Å². The summed E-state index contributed by atoms with van der Waals surface area (Å²) in [4.78, 5) is 32.8. The number of amides is 2. The van der Waals surface area contributed by atoms with E-state index in [0.29, 0.717) is 54.6 Å². The Morgan fingerprint density at radius 3 is 2.74 bits per heavy atom. The lowest BCUT2D eigenvalue weighted by molar-refractivity contribution is -0.0246. The quantitative estimate of drug-likeness (QED) is 0.543. The molecule has 3 aliphatic rings. The first-order valence-electron chi connectivity index (χ1n) is 11.5. The van der Waals surface area contributed by atoms with E-state index in [1.54, 1.807) is 30.2 Å². The molecule has 2 amide bonds. The molecule has 3 heterocycles. The highest BCUT2D eigenvalue weighted by Gasteiger charge is 2.43. The summed E-state index contributed by atoms with van der Waals surface area (Å²) in [5.74, 6) is 1.45. The van der Waals surface area contributed by atoms with Crippen LogP contribution in [0.25, 0.3) is 10.9 Å². The van der Waals surface area contributed by atoms with Crippen LogP contribution in [0.5, 0.6) is 11.5 Å². The predicted molar refractivity (Wildman–Crippen MR) is 130 cm³/mol. The molecule has 2 aromatic carbocycles. The molecule has 2 aliphatic heterocycles. The van der Waals surface area contributed by atoms with E-state index < -0.39 is 5.72 Å². The molecule has 3 aromatic rings. The van der Waals surface area contributed by atoms with Gasteiger partial charge in [0.15, 0.2) is 5.72 Å². The molecule has 6 rings (SSSR count). The first kappa shape index (κ1) is 21.4. The number of fused-ring (bicyclic) bond motifs is 2. The molecule has 174 valence electrons. The number of carbonyl (C=O) groups is 2. The van der Waals surface area contributed by atoms with Crippen molar-refractivity contribution in [1.29, 1.82) is 0 Å². The lowest BCUT2D eigenvalue weighted by Crippen LogP contribution is -2.61. The molecule has 1 aliphatic carbocycles. The predicted octanol–water partition coefficient (Wildman–Crippen LogP) is 4.64. The van der Waals surface area contributed by atoms with Crippen LogP contribution in [0.3, 0.4) is 0 Å². The van der Waals surface area contributed by atoms with Crippen molar-refractivity contribution in [3.63, 3.8) is 0 Å². The van der Waals surface area contributed by atoms with Gasteiger partial charge in [-0.25, -0.2) is 4.98 Å². The minimum atomic E-state index is -0.803. The fourth-order valence-electron chi connectivity index (χ4n) is 4.98. The van der Waals surface area contributed by atoms with Gasteiger partial charge in [-0.15, -0.1) is 0 Å². The molecule has 1 N–H and O–H groups in total. The summed E-state index contributed by atoms with van der Waals surface area (Å²) in [6.45, 7) is 0.911. The molecule has 0 atom stereocenters. The van der Waals surface area contributed by atoms with Gasteiger partial charge < -0.3 is 19.7 Å². The van der Waals surface area contributed by atoms with Gasteiger partial charge in [0.25, 0.3) is 11.8 Å². The summed E-state index contributed by atoms with van der Waals surface area (Å²) in [7, 11) is 1.62. The number of likely N-dealkylation sites (tertiary alicyclic amines) is 1. The van der Waals surface area contributed by atoms with Crippen molar-refractivity contribution in [3.05, 3.63) is 63.8 Å². The van der Waals surface area contributed by atoms with Crippen LogP contribution in [0.4, 0.5) is 0 Å². The molecule has 0 bridgehead atoms. The van der Waals surface area contributed by atoms with Crippen LogP contribution in [0, 0.1) is 0 Å². The number of benzene rings is 2. The van der Waals surface area contributed by atoms with Crippen molar-refractivity contribution < 1.29 is 19.1 Å². The average Bonchev–Trinajstić information content (AvgIpc) is 3.69. The largest absolute Gasteiger partial charge is 0.496 e. The molecule has 1 saturated carbocycles. The fourth-order valence-corrected chi connectivity index (χ4v) is 5.34. The Kier molecular flexibility index (Phi) is 5.02. The molecular formula is C26H24BrN3O4. The van der Waals surface area contributed by atoms with Gasteiger partial charge in [0.1, 0.15) is 17.2 Å². The van der Waals surface area contributed by atoms with Gasteiger partial charge in [0.2, 0.25) is 0 Å². The second kappa shape index (κ2) is 7.98. The second-order valence-electron chi connectivity index (χ2n) is 9.21. The van der Waals surface area contributed by atoms with E-state index in [2.05, 4.69) is 27.3 Å². The third-order valence-corrected chi connectivity index (χ3v) is 7.47. The SMILES string of the molecule is COc1cc(C(=O)N2CCC3(CC2)NC(=O)c2cc(Br)ccc2O3)nc2c(C3CC3)cccc12. The molecule has 2 fully saturated rings. The number of hydrogen-bond donors (Lipinski definition) is 1. The van der Waals surface area contributed by atoms with Crippen LogP contribution in [0.15, 0.2) is 46.9 Å². The number of pyridine rings is 1. The molecule has 1 spiro atoms. The third-order valence-electron chi connectivity index (χ3n) is 6.98. The molecule has 7 nitrogen and oxygen atoms in total. The van der Waals surface area contributed by atoms with Gasteiger partial charge in [0, 0.05) is 41.9 Å². The minimum absolute atomic E-state index is 0.132. The van der Waals surface area contributed by atoms with Gasteiger partial charge in [-0.3, -0.25) is 9.59 Å². The van der Waals surface area contributed by atoms with E-state index >= 15 is 0 Å². The summed E-state index contributed by atoms with van der Waals surface area (Å²) in [6, 6.07) is 13.3. The van der Waals surface area contributed by atoms with E-state index in [-0.39, 0.29) is 11.8 Å². The Balaban J connectivity index is 1.25. The van der Waals surface area contributed by atoms with Crippen molar-refractivity contribution in [1.82, 2.24) is 15.2 Å². The number of rotatable bonds is 3. The highest BCUT2D eigenvalue weighted by molar-refractivity contribution is 9.10. The normalized spacial score (nSPS) is 18.9. The Morgan fingerprint density at radius 2 is 2.00 bits per heavy atom. The second-order valence-corrected chi connectivity index (χ2v) is 10.1. The van der Waals surface area contributed by atoms with Crippen molar-refractivity contribution in [2.45, 2.75) is 37.3 Å². The summed E-state index contributed by atoms with van der Waals surface area (Å²) >= 11 is 3.40. The monoisotopic (exact) mass is 521 g/mol. The molecule has 1 saturated heterocycles. The fraction of sp³-hybridized carbons (Fsp3) is 0.346. The van der Waals surface area contributed by atoms with Crippen LogP contribution in [0.2, 0.25) is 0 Å². The van der Waals surface area contributed by atoms with E-state index in [1.165, 1.54) is 5.56 Å². The molecule has 1 aromatic heterocycles. The maximum Gasteiger partial charge on any atom is 0.272 e. The maximum absolute atomic E-state index is 13.5. The summed E-state index contributed by atoms with van der Waals surface area (Å²) in [5.41, 5.74) is 2.13. The number of halogens is 1. The highest BCUT2D eigenvalue weighted by Crippen LogP contribution is 2.44. The van der Waals surface area contributed by atoms with Gasteiger partial charge in [-0.2, -0.15) is 0 Å². The number of methoxy groups -OCH3 is 1. The first-order chi connectivity index (χ1) is 16.5. The smallest absolute Gasteiger partial charge is 0.272 e. The topological polar surface area (TPSA) is 80.8 Å². The lowest BCUT2D eigenvalue weighted by Gasteiger charge is -2.44. The third kappa shape index (κ3) is 3.60. The zero-order valence-electron chi connectivity index (χ0n) is 18.8. The van der Waals surface area contributed by atoms with Crippen LogP contribution < -0.4 is 14.8 Å². The molecule has 34 heavy (non-hydrogen) atoms. The number of para-hydroxylation sites is 1. The van der Waals surface area contributed by atoms with E-state index in [1.807, 2.05) is 18.2 Å². The van der Waals surface area contributed by atoms with Gasteiger partial charge in [-0.05, 0) is 48.6 Å². The molecule has 0 unspecified atom stereocenters. The van der Waals surface area contributed by atoms with Crippen molar-refractivity contribution >= 4 is 38.6 Å². The van der Waals surface area contributed by atoms with Gasteiger partial charge in [0.05, 0.1) is 18.2 Å². The molecule has 8 heteroatoms. The zero-order chi connectivity index (χ0) is 23.4. The van der Waals surface area contributed by atoms with Gasteiger partial charge in [-0.1, -0.05) is 28.1 Å². The molecule has 0 radical (unpaired) electrons. The highest BCUT2D eigenvalue weighted by atomic mass is 79.9. The van der Waals surface area contributed by atoms with Crippen LogP contribution in [-0.2, 0) is 0 Å². The summed E-state index contributed by atoms with van der Waals surface area (Å²) in [6.07, 6.45) is 3.30. The van der Waals surface area contributed by atoms with Crippen molar-refractivity contribution in [2.75, 3.05) is 20.2 Å². The average molecular weight is 522 g/mol. The Labute approximate surface area is 205 Å². The van der Waals surface area contributed by atoms with E-state index in [9.17, 15) is 9.59 Å². The minimum Gasteiger partial charge on any atom is -0.496 e. The van der Waals surface area contributed by atoms with Crippen molar-refractivity contribution in [2.24, 2.45) is 0 Å². The first-order valence-corrected chi connectivity index (χ1v) is 12.3. The maximum atomic E-state index is 13.5. The Hall–Kier alpha value is -3.13. The lowest BCUT2D eigenvalue weighted by atomic mass is 9.96.